The van der Waals surface area contributed by atoms with E-state index in [2.05, 4.69) is 6.07 Å². The summed E-state index contributed by atoms with van der Waals surface area (Å²) in [5.41, 5.74) is 2.21. The van der Waals surface area contributed by atoms with Crippen LogP contribution in [0, 0.1) is 11.3 Å². The predicted octanol–water partition coefficient (Wildman–Crippen LogP) is 3.89. The van der Waals surface area contributed by atoms with Gasteiger partial charge in [-0.15, -0.1) is 0 Å². The first-order chi connectivity index (χ1) is 8.26. The molecule has 0 atom stereocenters. The van der Waals surface area contributed by atoms with E-state index in [1.807, 2.05) is 24.3 Å². The molecule has 0 aromatic heterocycles. The molecule has 0 radical (unpaired) electrons. The fourth-order valence-corrected chi connectivity index (χ4v) is 1.89. The molecule has 2 rings (SSSR count). The summed E-state index contributed by atoms with van der Waals surface area (Å²) in [5.74, 6) is 0.707. The summed E-state index contributed by atoms with van der Waals surface area (Å²) in [6.45, 7) is 0. The van der Waals surface area contributed by atoms with E-state index in [1.165, 1.54) is 0 Å². The Morgan fingerprint density at radius 2 is 1.88 bits per heavy atom. The lowest BCUT2D eigenvalue weighted by molar-refractivity contribution is 0.415. The molecule has 0 fully saturated rings. The van der Waals surface area contributed by atoms with Crippen molar-refractivity contribution in [1.82, 2.24) is 0 Å². The molecule has 0 unspecified atom stereocenters. The highest BCUT2D eigenvalue weighted by Crippen LogP contribution is 2.32. The van der Waals surface area contributed by atoms with Crippen molar-refractivity contribution >= 4 is 11.6 Å². The van der Waals surface area contributed by atoms with E-state index in [0.29, 0.717) is 16.3 Å². The van der Waals surface area contributed by atoms with Crippen LogP contribution in [0.1, 0.15) is 5.56 Å². The van der Waals surface area contributed by atoms with Crippen molar-refractivity contribution in [3.8, 4) is 22.9 Å². The topological polar surface area (TPSA) is 33.0 Å². The summed E-state index contributed by atoms with van der Waals surface area (Å²) in [6, 6.07) is 14.9. The summed E-state index contributed by atoms with van der Waals surface area (Å²) >= 11 is 6.13. The van der Waals surface area contributed by atoms with Crippen LogP contribution < -0.4 is 4.74 Å². The molecule has 0 heterocycles. The fraction of sp³-hybridized carbons (Fsp3) is 0.0714. The quantitative estimate of drug-likeness (QED) is 0.802. The largest absolute Gasteiger partial charge is 0.497 e. The number of nitriles is 1. The number of rotatable bonds is 2. The lowest BCUT2D eigenvalue weighted by Crippen LogP contribution is -1.88. The molecule has 2 aromatic rings. The maximum absolute atomic E-state index is 9.10. The molecule has 0 aliphatic carbocycles. The van der Waals surface area contributed by atoms with Crippen LogP contribution in [0.4, 0.5) is 0 Å². The zero-order valence-corrected chi connectivity index (χ0v) is 10.0. The smallest absolute Gasteiger partial charge is 0.119 e. The molecule has 0 aliphatic heterocycles. The Balaban J connectivity index is 2.66. The number of nitrogens with zero attached hydrogens (tertiary/aromatic N) is 1. The van der Waals surface area contributed by atoms with Gasteiger partial charge in [0.05, 0.1) is 18.7 Å². The van der Waals surface area contributed by atoms with Crippen LogP contribution in [0.3, 0.4) is 0 Å². The minimum atomic E-state index is 0.582. The lowest BCUT2D eigenvalue weighted by Gasteiger charge is -2.08. The van der Waals surface area contributed by atoms with Gasteiger partial charge in [-0.2, -0.15) is 5.26 Å². The third-order valence-electron chi connectivity index (χ3n) is 2.51. The number of hydrogen-bond acceptors (Lipinski definition) is 2. The average Bonchev–Trinajstić information content (AvgIpc) is 2.38. The standard InChI is InChI=1S/C14H10ClNO/c1-17-11-7-6-10(9-16)13(8-11)12-4-2-3-5-14(12)15/h2-8H,1H3. The van der Waals surface area contributed by atoms with Gasteiger partial charge < -0.3 is 4.74 Å². The Morgan fingerprint density at radius 1 is 1.12 bits per heavy atom. The van der Waals surface area contributed by atoms with Gasteiger partial charge in [0.25, 0.3) is 0 Å². The molecule has 0 N–H and O–H groups in total. The third kappa shape index (κ3) is 2.25. The van der Waals surface area contributed by atoms with Crippen LogP contribution in [0.2, 0.25) is 5.02 Å². The number of benzene rings is 2. The highest BCUT2D eigenvalue weighted by Gasteiger charge is 2.09. The minimum Gasteiger partial charge on any atom is -0.497 e. The number of hydrogen-bond donors (Lipinski definition) is 0. The SMILES string of the molecule is COc1ccc(C#N)c(-c2ccccc2Cl)c1. The van der Waals surface area contributed by atoms with Crippen molar-refractivity contribution in [3.05, 3.63) is 53.1 Å². The molecule has 0 bridgehead atoms. The molecule has 0 aliphatic rings. The summed E-state index contributed by atoms with van der Waals surface area (Å²) in [6.07, 6.45) is 0. The van der Waals surface area contributed by atoms with E-state index in [4.69, 9.17) is 21.6 Å². The molecule has 2 nitrogen and oxygen atoms in total. The maximum Gasteiger partial charge on any atom is 0.119 e. The van der Waals surface area contributed by atoms with E-state index >= 15 is 0 Å². The van der Waals surface area contributed by atoms with Gasteiger partial charge in [0.1, 0.15) is 5.75 Å². The first kappa shape index (κ1) is 11.5. The summed E-state index contributed by atoms with van der Waals surface area (Å²) in [4.78, 5) is 0. The molecule has 84 valence electrons. The monoisotopic (exact) mass is 243 g/mol. The van der Waals surface area contributed by atoms with Crippen LogP contribution in [0.25, 0.3) is 11.1 Å². The van der Waals surface area contributed by atoms with Crippen LogP contribution in [0.5, 0.6) is 5.75 Å². The molecule has 17 heavy (non-hydrogen) atoms. The summed E-state index contributed by atoms with van der Waals surface area (Å²) in [5, 5.41) is 9.72. The lowest BCUT2D eigenvalue weighted by atomic mass is 10.00. The van der Waals surface area contributed by atoms with Crippen LogP contribution in [-0.2, 0) is 0 Å². The van der Waals surface area contributed by atoms with Gasteiger partial charge in [-0.25, -0.2) is 0 Å². The Labute approximate surface area is 105 Å². The van der Waals surface area contributed by atoms with E-state index in [-0.39, 0.29) is 0 Å². The Bertz CT molecular complexity index is 587. The van der Waals surface area contributed by atoms with Gasteiger partial charge in [0.2, 0.25) is 0 Å². The predicted molar refractivity (Wildman–Crippen MR) is 68.2 cm³/mol. The van der Waals surface area contributed by atoms with Crippen LogP contribution in [0.15, 0.2) is 42.5 Å². The summed E-state index contributed by atoms with van der Waals surface area (Å²) < 4.78 is 5.16. The van der Waals surface area contributed by atoms with Crippen molar-refractivity contribution in [2.75, 3.05) is 7.11 Å². The average molecular weight is 244 g/mol. The van der Waals surface area contributed by atoms with Gasteiger partial charge in [0.15, 0.2) is 0 Å². The normalized spacial score (nSPS) is 9.71. The van der Waals surface area contributed by atoms with Gasteiger partial charge in [0, 0.05) is 16.1 Å². The molecule has 0 spiro atoms. The molecular formula is C14H10ClNO. The fourth-order valence-electron chi connectivity index (χ4n) is 1.65. The van der Waals surface area contributed by atoms with Gasteiger partial charge in [-0.05, 0) is 24.3 Å². The van der Waals surface area contributed by atoms with Crippen molar-refractivity contribution in [2.45, 2.75) is 0 Å². The van der Waals surface area contributed by atoms with Crippen molar-refractivity contribution in [2.24, 2.45) is 0 Å². The van der Waals surface area contributed by atoms with Crippen molar-refractivity contribution in [3.63, 3.8) is 0 Å². The molecule has 0 amide bonds. The molecule has 3 heteroatoms. The highest BCUT2D eigenvalue weighted by atomic mass is 35.5. The second-order valence-corrected chi connectivity index (χ2v) is 3.91. The van der Waals surface area contributed by atoms with Gasteiger partial charge in [-0.1, -0.05) is 29.8 Å². The molecular weight excluding hydrogens is 234 g/mol. The first-order valence-electron chi connectivity index (χ1n) is 5.09. The van der Waals surface area contributed by atoms with Crippen LogP contribution >= 0.6 is 11.6 Å². The van der Waals surface area contributed by atoms with Crippen molar-refractivity contribution in [1.29, 1.82) is 5.26 Å². The first-order valence-corrected chi connectivity index (χ1v) is 5.47. The Morgan fingerprint density at radius 3 is 2.53 bits per heavy atom. The number of halogens is 1. The second kappa shape index (κ2) is 4.90. The van der Waals surface area contributed by atoms with E-state index in [1.54, 1.807) is 25.3 Å². The highest BCUT2D eigenvalue weighted by molar-refractivity contribution is 6.33. The number of ether oxygens (including phenoxy) is 1. The Hall–Kier alpha value is -1.98. The van der Waals surface area contributed by atoms with E-state index < -0.39 is 0 Å². The van der Waals surface area contributed by atoms with Gasteiger partial charge >= 0.3 is 0 Å². The molecule has 2 aromatic carbocycles. The Kier molecular flexibility index (Phi) is 3.32. The number of methoxy groups -OCH3 is 1. The van der Waals surface area contributed by atoms with E-state index in [0.717, 1.165) is 11.1 Å². The third-order valence-corrected chi connectivity index (χ3v) is 2.84. The molecule has 0 saturated heterocycles. The zero-order valence-electron chi connectivity index (χ0n) is 9.27. The second-order valence-electron chi connectivity index (χ2n) is 3.50. The maximum atomic E-state index is 9.10. The van der Waals surface area contributed by atoms with E-state index in [9.17, 15) is 0 Å². The van der Waals surface area contributed by atoms with Crippen LogP contribution in [-0.4, -0.2) is 7.11 Å². The zero-order chi connectivity index (χ0) is 12.3. The van der Waals surface area contributed by atoms with Gasteiger partial charge in [-0.3, -0.25) is 0 Å². The summed E-state index contributed by atoms with van der Waals surface area (Å²) in [7, 11) is 1.60. The van der Waals surface area contributed by atoms with Crippen molar-refractivity contribution < 1.29 is 4.74 Å². The molecule has 0 saturated carbocycles. The minimum absolute atomic E-state index is 0.582.